The predicted octanol–water partition coefficient (Wildman–Crippen LogP) is 2.55. The Hall–Kier alpha value is -1.75. The molecule has 0 aliphatic carbocycles. The fourth-order valence-corrected chi connectivity index (χ4v) is 1.32. The van der Waals surface area contributed by atoms with Crippen molar-refractivity contribution in [3.8, 4) is 6.07 Å². The van der Waals surface area contributed by atoms with Gasteiger partial charge >= 0.3 is 0 Å². The molecule has 0 atom stereocenters. The van der Waals surface area contributed by atoms with E-state index in [1.165, 1.54) is 0 Å². The lowest BCUT2D eigenvalue weighted by molar-refractivity contribution is 1.38. The molecule has 0 aliphatic heterocycles. The van der Waals surface area contributed by atoms with E-state index in [2.05, 4.69) is 18.0 Å². The number of anilines is 1. The molecule has 0 radical (unpaired) electrons. The Kier molecular flexibility index (Phi) is 2.71. The van der Waals surface area contributed by atoms with E-state index in [0.717, 1.165) is 16.8 Å². The van der Waals surface area contributed by atoms with Gasteiger partial charge in [0, 0.05) is 18.3 Å². The van der Waals surface area contributed by atoms with Gasteiger partial charge in [0.2, 0.25) is 0 Å². The zero-order chi connectivity index (χ0) is 9.84. The van der Waals surface area contributed by atoms with E-state index in [-0.39, 0.29) is 0 Å². The molecule has 13 heavy (non-hydrogen) atoms. The third-order valence-electron chi connectivity index (χ3n) is 1.92. The van der Waals surface area contributed by atoms with Crippen molar-refractivity contribution in [2.75, 3.05) is 12.4 Å². The Morgan fingerprint density at radius 2 is 2.23 bits per heavy atom. The Morgan fingerprint density at radius 3 is 2.69 bits per heavy atom. The molecule has 0 unspecified atom stereocenters. The summed E-state index contributed by atoms with van der Waals surface area (Å²) < 4.78 is 0. The summed E-state index contributed by atoms with van der Waals surface area (Å²) in [7, 11) is 1.84. The van der Waals surface area contributed by atoms with Crippen LogP contribution < -0.4 is 5.32 Å². The topological polar surface area (TPSA) is 35.8 Å². The van der Waals surface area contributed by atoms with Crippen molar-refractivity contribution in [2.24, 2.45) is 0 Å². The summed E-state index contributed by atoms with van der Waals surface area (Å²) in [5, 5.41) is 11.9. The number of nitrogens with zero attached hydrogens (tertiary/aromatic N) is 1. The first kappa shape index (κ1) is 9.34. The van der Waals surface area contributed by atoms with Crippen LogP contribution in [0.2, 0.25) is 0 Å². The third-order valence-corrected chi connectivity index (χ3v) is 1.92. The van der Waals surface area contributed by atoms with Gasteiger partial charge in [-0.3, -0.25) is 0 Å². The normalized spacial score (nSPS) is 9.00. The Balaban J connectivity index is 3.44. The second-order valence-corrected chi connectivity index (χ2v) is 2.84. The Bertz CT molecular complexity index is 372. The number of rotatable bonds is 2. The van der Waals surface area contributed by atoms with Gasteiger partial charge in [0.05, 0.1) is 11.6 Å². The molecule has 1 aromatic carbocycles. The first-order chi connectivity index (χ1) is 6.22. The van der Waals surface area contributed by atoms with E-state index in [4.69, 9.17) is 5.26 Å². The van der Waals surface area contributed by atoms with Crippen molar-refractivity contribution in [3.63, 3.8) is 0 Å². The van der Waals surface area contributed by atoms with Crippen LogP contribution in [0.5, 0.6) is 0 Å². The molecule has 0 fully saturated rings. The van der Waals surface area contributed by atoms with Gasteiger partial charge in [-0.2, -0.15) is 5.26 Å². The van der Waals surface area contributed by atoms with Crippen LogP contribution >= 0.6 is 0 Å². The molecule has 2 nitrogen and oxygen atoms in total. The number of hydrogen-bond acceptors (Lipinski definition) is 2. The number of benzene rings is 1. The highest BCUT2D eigenvalue weighted by molar-refractivity contribution is 5.72. The first-order valence-corrected chi connectivity index (χ1v) is 4.08. The van der Waals surface area contributed by atoms with Crippen LogP contribution in [0.25, 0.3) is 6.08 Å². The van der Waals surface area contributed by atoms with Crippen LogP contribution in [-0.2, 0) is 0 Å². The molecule has 1 aromatic rings. The van der Waals surface area contributed by atoms with Crippen LogP contribution in [0.1, 0.15) is 16.7 Å². The molecule has 0 aromatic heterocycles. The molecule has 0 amide bonds. The van der Waals surface area contributed by atoms with Gasteiger partial charge in [-0.05, 0) is 24.6 Å². The molecule has 0 bridgehead atoms. The van der Waals surface area contributed by atoms with Crippen LogP contribution in [0, 0.1) is 18.3 Å². The lowest BCUT2D eigenvalue weighted by atomic mass is 10.0. The summed E-state index contributed by atoms with van der Waals surface area (Å²) >= 11 is 0. The van der Waals surface area contributed by atoms with Crippen LogP contribution in [-0.4, -0.2) is 7.05 Å². The zero-order valence-electron chi connectivity index (χ0n) is 7.89. The summed E-state index contributed by atoms with van der Waals surface area (Å²) in [4.78, 5) is 0. The summed E-state index contributed by atoms with van der Waals surface area (Å²) in [6.07, 6.45) is 1.70. The molecule has 0 aliphatic rings. The smallest absolute Gasteiger partial charge is 0.0998 e. The highest BCUT2D eigenvalue weighted by atomic mass is 14.8. The maximum Gasteiger partial charge on any atom is 0.0998 e. The highest BCUT2D eigenvalue weighted by Gasteiger charge is 2.04. The van der Waals surface area contributed by atoms with Crippen molar-refractivity contribution in [1.29, 1.82) is 5.26 Å². The molecule has 66 valence electrons. The van der Waals surface area contributed by atoms with E-state index >= 15 is 0 Å². The van der Waals surface area contributed by atoms with Crippen LogP contribution in [0.4, 0.5) is 5.69 Å². The van der Waals surface area contributed by atoms with Gasteiger partial charge in [0.25, 0.3) is 0 Å². The monoisotopic (exact) mass is 172 g/mol. The SMILES string of the molecule is C=Cc1c(C#N)cc(C)cc1NC. The Labute approximate surface area is 78.5 Å². The van der Waals surface area contributed by atoms with Gasteiger partial charge in [-0.25, -0.2) is 0 Å². The molecule has 2 heteroatoms. The minimum Gasteiger partial charge on any atom is -0.388 e. The average Bonchev–Trinajstić information content (AvgIpc) is 2.16. The molecule has 0 heterocycles. The van der Waals surface area contributed by atoms with Crippen molar-refractivity contribution in [3.05, 3.63) is 35.4 Å². The standard InChI is InChI=1S/C11H12N2/c1-4-10-9(7-12)5-8(2)6-11(10)13-3/h4-6,13H,1H2,2-3H3. The average molecular weight is 172 g/mol. The van der Waals surface area contributed by atoms with Crippen LogP contribution in [0.3, 0.4) is 0 Å². The summed E-state index contributed by atoms with van der Waals surface area (Å²) in [6.45, 7) is 5.65. The molecule has 1 N–H and O–H groups in total. The van der Waals surface area contributed by atoms with E-state index in [0.29, 0.717) is 5.56 Å². The lowest BCUT2D eigenvalue weighted by Gasteiger charge is -2.08. The van der Waals surface area contributed by atoms with Crippen molar-refractivity contribution in [1.82, 2.24) is 0 Å². The van der Waals surface area contributed by atoms with Crippen molar-refractivity contribution in [2.45, 2.75) is 6.92 Å². The second kappa shape index (κ2) is 3.77. The molecule has 0 saturated heterocycles. The van der Waals surface area contributed by atoms with E-state index in [9.17, 15) is 0 Å². The maximum atomic E-state index is 8.87. The fraction of sp³-hybridized carbons (Fsp3) is 0.182. The quantitative estimate of drug-likeness (QED) is 0.744. The fourth-order valence-electron chi connectivity index (χ4n) is 1.32. The summed E-state index contributed by atoms with van der Waals surface area (Å²) in [6, 6.07) is 6.01. The van der Waals surface area contributed by atoms with Gasteiger partial charge in [-0.1, -0.05) is 12.7 Å². The zero-order valence-corrected chi connectivity index (χ0v) is 7.89. The minimum atomic E-state index is 0.666. The van der Waals surface area contributed by atoms with Gasteiger partial charge in [0.1, 0.15) is 0 Å². The molecular weight excluding hydrogens is 160 g/mol. The first-order valence-electron chi connectivity index (χ1n) is 4.08. The molecule has 0 saturated carbocycles. The number of hydrogen-bond donors (Lipinski definition) is 1. The van der Waals surface area contributed by atoms with Crippen molar-refractivity contribution < 1.29 is 0 Å². The largest absolute Gasteiger partial charge is 0.388 e. The highest BCUT2D eigenvalue weighted by Crippen LogP contribution is 2.22. The summed E-state index contributed by atoms with van der Waals surface area (Å²) in [5.74, 6) is 0. The third kappa shape index (κ3) is 1.70. The second-order valence-electron chi connectivity index (χ2n) is 2.84. The summed E-state index contributed by atoms with van der Waals surface area (Å²) in [5.41, 5.74) is 3.56. The minimum absolute atomic E-state index is 0.666. The molecule has 1 rings (SSSR count). The van der Waals surface area contributed by atoms with Crippen molar-refractivity contribution >= 4 is 11.8 Å². The predicted molar refractivity (Wildman–Crippen MR) is 55.5 cm³/mol. The Morgan fingerprint density at radius 1 is 1.54 bits per heavy atom. The number of aryl methyl sites for hydroxylation is 1. The van der Waals surface area contributed by atoms with Gasteiger partial charge in [0.15, 0.2) is 0 Å². The maximum absolute atomic E-state index is 8.87. The number of nitriles is 1. The lowest BCUT2D eigenvalue weighted by Crippen LogP contribution is -1.95. The van der Waals surface area contributed by atoms with Gasteiger partial charge < -0.3 is 5.32 Å². The number of nitrogens with one attached hydrogen (secondary N) is 1. The molecular formula is C11H12N2. The molecule has 0 spiro atoms. The van der Waals surface area contributed by atoms with Crippen LogP contribution in [0.15, 0.2) is 18.7 Å². The van der Waals surface area contributed by atoms with E-state index < -0.39 is 0 Å². The van der Waals surface area contributed by atoms with Gasteiger partial charge in [-0.15, -0.1) is 0 Å². The van der Waals surface area contributed by atoms with E-state index in [1.807, 2.05) is 26.1 Å². The van der Waals surface area contributed by atoms with E-state index in [1.54, 1.807) is 6.08 Å².